The Bertz CT molecular complexity index is 888. The zero-order chi connectivity index (χ0) is 23.2. The van der Waals surface area contributed by atoms with Crippen molar-refractivity contribution < 1.29 is 14.3 Å². The maximum atomic E-state index is 13.1. The summed E-state index contributed by atoms with van der Waals surface area (Å²) in [7, 11) is 0. The van der Waals surface area contributed by atoms with Crippen LogP contribution in [-0.2, 0) is 22.6 Å². The minimum atomic E-state index is -0.745. The van der Waals surface area contributed by atoms with Gasteiger partial charge in [-0.05, 0) is 63.9 Å². The van der Waals surface area contributed by atoms with Crippen LogP contribution in [0.2, 0.25) is 10.0 Å². The minimum Gasteiger partial charge on any atom is -0.484 e. The Morgan fingerprint density at radius 3 is 2.16 bits per heavy atom. The van der Waals surface area contributed by atoms with Gasteiger partial charge in [0.15, 0.2) is 6.61 Å². The van der Waals surface area contributed by atoms with Gasteiger partial charge >= 0.3 is 0 Å². The molecule has 0 saturated heterocycles. The van der Waals surface area contributed by atoms with Crippen molar-refractivity contribution in [2.75, 3.05) is 6.61 Å². The maximum Gasteiger partial charge on any atom is 0.261 e. The Kier molecular flexibility index (Phi) is 8.78. The molecule has 2 amide bonds. The molecule has 1 N–H and O–H groups in total. The van der Waals surface area contributed by atoms with Gasteiger partial charge in [-0.3, -0.25) is 9.59 Å². The Balaban J connectivity index is 2.22. The summed E-state index contributed by atoms with van der Waals surface area (Å²) in [6.45, 7) is 9.29. The lowest BCUT2D eigenvalue weighted by Crippen LogP contribution is -2.53. The van der Waals surface area contributed by atoms with Gasteiger partial charge in [-0.25, -0.2) is 0 Å². The molecule has 0 aromatic heterocycles. The molecule has 5 nitrogen and oxygen atoms in total. The van der Waals surface area contributed by atoms with E-state index >= 15 is 0 Å². The molecule has 0 radical (unpaired) electrons. The van der Waals surface area contributed by atoms with Crippen molar-refractivity contribution in [3.8, 4) is 5.75 Å². The van der Waals surface area contributed by atoms with Crippen molar-refractivity contribution in [1.82, 2.24) is 10.2 Å². The van der Waals surface area contributed by atoms with Crippen LogP contribution in [-0.4, -0.2) is 34.9 Å². The van der Waals surface area contributed by atoms with Crippen molar-refractivity contribution in [2.45, 2.75) is 59.2 Å². The second-order valence-corrected chi connectivity index (χ2v) is 9.24. The van der Waals surface area contributed by atoms with Crippen LogP contribution in [0.3, 0.4) is 0 Å². The smallest absolute Gasteiger partial charge is 0.261 e. The SMILES string of the molecule is CCc1ccc(OCC(=O)N(Cc2c(Cl)cccc2Cl)[C@H](C)C(=O)NC(C)(C)C)cc1. The third kappa shape index (κ3) is 7.44. The molecule has 2 rings (SSSR count). The highest BCUT2D eigenvalue weighted by Crippen LogP contribution is 2.26. The fourth-order valence-electron chi connectivity index (χ4n) is 2.96. The predicted molar refractivity (Wildman–Crippen MR) is 126 cm³/mol. The summed E-state index contributed by atoms with van der Waals surface area (Å²) in [6.07, 6.45) is 0.923. The normalized spacial score (nSPS) is 12.2. The molecule has 0 saturated carbocycles. The van der Waals surface area contributed by atoms with Crippen molar-refractivity contribution in [1.29, 1.82) is 0 Å². The number of carbonyl (C=O) groups excluding carboxylic acids is 2. The Morgan fingerprint density at radius 1 is 1.06 bits per heavy atom. The van der Waals surface area contributed by atoms with Gasteiger partial charge in [-0.2, -0.15) is 0 Å². The Labute approximate surface area is 194 Å². The van der Waals surface area contributed by atoms with E-state index in [1.165, 1.54) is 10.5 Å². The first-order valence-electron chi connectivity index (χ1n) is 10.3. The van der Waals surface area contributed by atoms with Gasteiger partial charge in [0.05, 0.1) is 0 Å². The second-order valence-electron chi connectivity index (χ2n) is 8.42. The number of nitrogens with zero attached hydrogens (tertiary/aromatic N) is 1. The number of carbonyl (C=O) groups is 2. The van der Waals surface area contributed by atoms with Gasteiger partial charge in [0.25, 0.3) is 5.91 Å². The number of ether oxygens (including phenoxy) is 1. The van der Waals surface area contributed by atoms with E-state index in [1.807, 2.05) is 45.0 Å². The fraction of sp³-hybridized carbons (Fsp3) is 0.417. The lowest BCUT2D eigenvalue weighted by atomic mass is 10.1. The summed E-state index contributed by atoms with van der Waals surface area (Å²) >= 11 is 12.6. The molecule has 0 bridgehead atoms. The van der Waals surface area contributed by atoms with E-state index in [0.29, 0.717) is 21.4 Å². The number of hydrogen-bond acceptors (Lipinski definition) is 3. The molecule has 0 spiro atoms. The van der Waals surface area contributed by atoms with Crippen LogP contribution in [0.1, 0.15) is 45.7 Å². The summed E-state index contributed by atoms with van der Waals surface area (Å²) < 4.78 is 5.69. The van der Waals surface area contributed by atoms with Crippen LogP contribution in [0.4, 0.5) is 0 Å². The van der Waals surface area contributed by atoms with E-state index in [4.69, 9.17) is 27.9 Å². The van der Waals surface area contributed by atoms with Gasteiger partial charge in [0, 0.05) is 27.7 Å². The number of benzene rings is 2. The number of nitrogens with one attached hydrogen (secondary N) is 1. The molecular weight excluding hydrogens is 435 g/mol. The van der Waals surface area contributed by atoms with Crippen molar-refractivity contribution in [3.05, 3.63) is 63.6 Å². The molecule has 7 heteroatoms. The Morgan fingerprint density at radius 2 is 1.65 bits per heavy atom. The van der Waals surface area contributed by atoms with Crippen LogP contribution in [0, 0.1) is 0 Å². The number of rotatable bonds is 8. The third-order valence-corrected chi connectivity index (χ3v) is 5.46. The van der Waals surface area contributed by atoms with Crippen molar-refractivity contribution in [2.24, 2.45) is 0 Å². The van der Waals surface area contributed by atoms with E-state index in [1.54, 1.807) is 25.1 Å². The number of aryl methyl sites for hydroxylation is 1. The summed E-state index contributed by atoms with van der Waals surface area (Å²) in [6, 6.07) is 12.0. The first-order valence-corrected chi connectivity index (χ1v) is 11.0. The Hall–Kier alpha value is -2.24. The molecule has 31 heavy (non-hydrogen) atoms. The highest BCUT2D eigenvalue weighted by atomic mass is 35.5. The van der Waals surface area contributed by atoms with E-state index < -0.39 is 11.6 Å². The fourth-order valence-corrected chi connectivity index (χ4v) is 3.48. The number of halogens is 2. The molecule has 0 heterocycles. The van der Waals surface area contributed by atoms with E-state index in [9.17, 15) is 9.59 Å². The van der Waals surface area contributed by atoms with Crippen LogP contribution >= 0.6 is 23.2 Å². The molecule has 168 valence electrons. The first kappa shape index (κ1) is 25.0. The zero-order valence-electron chi connectivity index (χ0n) is 18.7. The minimum absolute atomic E-state index is 0.0915. The summed E-state index contributed by atoms with van der Waals surface area (Å²) in [5, 5.41) is 3.79. The van der Waals surface area contributed by atoms with Gasteiger partial charge in [0.1, 0.15) is 11.8 Å². The first-order chi connectivity index (χ1) is 14.5. The largest absolute Gasteiger partial charge is 0.484 e. The third-order valence-electron chi connectivity index (χ3n) is 4.75. The quantitative estimate of drug-likeness (QED) is 0.578. The molecule has 0 fully saturated rings. The monoisotopic (exact) mass is 464 g/mol. The molecule has 0 aliphatic heterocycles. The molecule has 0 unspecified atom stereocenters. The lowest BCUT2D eigenvalue weighted by molar-refractivity contribution is -0.142. The van der Waals surface area contributed by atoms with Crippen LogP contribution in [0.25, 0.3) is 0 Å². The van der Waals surface area contributed by atoms with Crippen molar-refractivity contribution in [3.63, 3.8) is 0 Å². The van der Waals surface area contributed by atoms with E-state index in [2.05, 4.69) is 12.2 Å². The van der Waals surface area contributed by atoms with Crippen molar-refractivity contribution >= 4 is 35.0 Å². The average molecular weight is 465 g/mol. The average Bonchev–Trinajstić information content (AvgIpc) is 2.70. The zero-order valence-corrected chi connectivity index (χ0v) is 20.2. The van der Waals surface area contributed by atoms with Crippen LogP contribution < -0.4 is 10.1 Å². The maximum absolute atomic E-state index is 13.1. The van der Waals surface area contributed by atoms with Gasteiger partial charge in [-0.15, -0.1) is 0 Å². The molecule has 0 aliphatic carbocycles. The second kappa shape index (κ2) is 10.9. The predicted octanol–water partition coefficient (Wildman–Crippen LogP) is 5.27. The molecular formula is C24H30Cl2N2O3. The van der Waals surface area contributed by atoms with Crippen LogP contribution in [0.15, 0.2) is 42.5 Å². The van der Waals surface area contributed by atoms with E-state index in [-0.39, 0.29) is 25.0 Å². The summed E-state index contributed by atoms with van der Waals surface area (Å²) in [4.78, 5) is 27.3. The highest BCUT2D eigenvalue weighted by molar-refractivity contribution is 6.36. The molecule has 2 aromatic carbocycles. The standard InChI is InChI=1S/C24H30Cl2N2O3/c1-6-17-10-12-18(13-11-17)31-15-22(29)28(16(2)23(30)27-24(3,4)5)14-19-20(25)8-7-9-21(19)26/h7-13,16H,6,14-15H2,1-5H3,(H,27,30)/t16-/m1/s1. The summed E-state index contributed by atoms with van der Waals surface area (Å²) in [5.74, 6) is -0.0171. The molecule has 1 atom stereocenters. The topological polar surface area (TPSA) is 58.6 Å². The van der Waals surface area contributed by atoms with Gasteiger partial charge < -0.3 is 15.0 Å². The van der Waals surface area contributed by atoms with Crippen LogP contribution in [0.5, 0.6) is 5.75 Å². The van der Waals surface area contributed by atoms with Gasteiger partial charge in [0.2, 0.25) is 5.91 Å². The highest BCUT2D eigenvalue weighted by Gasteiger charge is 2.29. The molecule has 0 aliphatic rings. The van der Waals surface area contributed by atoms with E-state index in [0.717, 1.165) is 6.42 Å². The number of amides is 2. The number of hydrogen-bond donors (Lipinski definition) is 1. The van der Waals surface area contributed by atoms with Gasteiger partial charge in [-0.1, -0.05) is 48.3 Å². The lowest BCUT2D eigenvalue weighted by Gasteiger charge is -2.31. The summed E-state index contributed by atoms with van der Waals surface area (Å²) in [5.41, 5.74) is 1.34. The molecule has 2 aromatic rings.